The highest BCUT2D eigenvalue weighted by Crippen LogP contribution is 2.31. The predicted molar refractivity (Wildman–Crippen MR) is 79.6 cm³/mol. The Hall–Kier alpha value is -0.670. The lowest BCUT2D eigenvalue weighted by atomic mass is 9.85. The van der Waals surface area contributed by atoms with E-state index >= 15 is 0 Å². The van der Waals surface area contributed by atoms with E-state index in [2.05, 4.69) is 39.5 Å². The normalized spacial score (nSPS) is 12.1. The Balaban J connectivity index is 3.15. The Kier molecular flexibility index (Phi) is 5.54. The van der Waals surface area contributed by atoms with E-state index in [1.807, 2.05) is 12.1 Å². The molecule has 0 saturated carbocycles. The fraction of sp³-hybridized carbons (Fsp3) is 0.667. The number of likely N-dealkylation sites (N-methyl/N-ethyl adjacent to an activating group) is 1. The molecule has 0 fully saturated rings. The van der Waals surface area contributed by atoms with Gasteiger partial charge in [-0.1, -0.05) is 27.7 Å². The van der Waals surface area contributed by atoms with Crippen molar-refractivity contribution in [2.45, 2.75) is 53.0 Å². The van der Waals surface area contributed by atoms with Crippen LogP contribution in [0.25, 0.3) is 0 Å². The zero-order valence-electron chi connectivity index (χ0n) is 12.2. The number of nitrogens with zero attached hydrogens (tertiary/aromatic N) is 1. The van der Waals surface area contributed by atoms with Crippen LogP contribution in [0.15, 0.2) is 12.1 Å². The summed E-state index contributed by atoms with van der Waals surface area (Å²) in [5, 5.41) is 0. The predicted octanol–water partition coefficient (Wildman–Crippen LogP) is 4.14. The van der Waals surface area contributed by atoms with Crippen molar-refractivity contribution in [2.75, 3.05) is 13.1 Å². The van der Waals surface area contributed by atoms with Gasteiger partial charge >= 0.3 is 0 Å². The number of ketones is 1. The van der Waals surface area contributed by atoms with Crippen LogP contribution in [-0.4, -0.2) is 29.3 Å². The summed E-state index contributed by atoms with van der Waals surface area (Å²) in [6, 6.07) is 4.02. The molecule has 0 N–H and O–H groups in total. The molecule has 0 saturated heterocycles. The molecule has 0 radical (unpaired) electrons. The average Bonchev–Trinajstić information content (AvgIpc) is 2.82. The number of hydrogen-bond donors (Lipinski definition) is 0. The Labute approximate surface area is 115 Å². The second kappa shape index (κ2) is 6.48. The molecule has 0 aliphatic heterocycles. The van der Waals surface area contributed by atoms with E-state index in [1.165, 1.54) is 4.88 Å². The van der Waals surface area contributed by atoms with Crippen LogP contribution in [0.2, 0.25) is 0 Å². The topological polar surface area (TPSA) is 20.3 Å². The van der Waals surface area contributed by atoms with Crippen LogP contribution in [0, 0.1) is 6.92 Å². The van der Waals surface area contributed by atoms with Crippen LogP contribution < -0.4 is 0 Å². The number of aryl methyl sites for hydroxylation is 1. The molecule has 1 aromatic heterocycles. The number of carbonyl (C=O) groups excluding carboxylic acids is 1. The zero-order valence-corrected chi connectivity index (χ0v) is 13.1. The van der Waals surface area contributed by atoms with Gasteiger partial charge in [0, 0.05) is 4.88 Å². The summed E-state index contributed by atoms with van der Waals surface area (Å²) < 4.78 is 0. The molecule has 3 heteroatoms. The Morgan fingerprint density at radius 3 is 2.06 bits per heavy atom. The lowest BCUT2D eigenvalue weighted by Gasteiger charge is -2.40. The quantitative estimate of drug-likeness (QED) is 0.692. The fourth-order valence-corrected chi connectivity index (χ4v) is 3.68. The Morgan fingerprint density at radius 1 is 1.17 bits per heavy atom. The van der Waals surface area contributed by atoms with Gasteiger partial charge in [0.1, 0.15) is 0 Å². The number of carbonyl (C=O) groups is 1. The van der Waals surface area contributed by atoms with Crippen LogP contribution in [0.3, 0.4) is 0 Å². The van der Waals surface area contributed by atoms with E-state index in [0.717, 1.165) is 30.8 Å². The van der Waals surface area contributed by atoms with Crippen molar-refractivity contribution < 1.29 is 4.79 Å². The third-order valence-electron chi connectivity index (χ3n) is 3.93. The third-order valence-corrected chi connectivity index (χ3v) is 4.92. The maximum atomic E-state index is 12.9. The maximum Gasteiger partial charge on any atom is 0.192 e. The second-order valence-electron chi connectivity index (χ2n) is 4.65. The summed E-state index contributed by atoms with van der Waals surface area (Å²) in [4.78, 5) is 17.3. The number of Topliss-reactive ketones (excluding diaryl/α,β-unsaturated/α-hetero) is 1. The molecule has 1 aromatic rings. The van der Waals surface area contributed by atoms with Crippen LogP contribution >= 0.6 is 11.3 Å². The summed E-state index contributed by atoms with van der Waals surface area (Å²) >= 11 is 1.62. The summed E-state index contributed by atoms with van der Waals surface area (Å²) in [6.07, 6.45) is 1.75. The van der Waals surface area contributed by atoms with Gasteiger partial charge in [0.05, 0.1) is 10.4 Å². The van der Waals surface area contributed by atoms with Gasteiger partial charge in [0.2, 0.25) is 0 Å². The standard InChI is InChI=1S/C15H25NOS/c1-6-15(7-2,16(8-3)9-4)14(17)13-11-10-12(5)18-13/h10-11H,6-9H2,1-5H3. The average molecular weight is 267 g/mol. The highest BCUT2D eigenvalue weighted by atomic mass is 32.1. The first-order valence-corrected chi connectivity index (χ1v) is 7.73. The molecule has 0 atom stereocenters. The van der Waals surface area contributed by atoms with Gasteiger partial charge in [-0.3, -0.25) is 9.69 Å². The maximum absolute atomic E-state index is 12.9. The summed E-state index contributed by atoms with van der Waals surface area (Å²) in [5.41, 5.74) is -0.319. The first-order valence-electron chi connectivity index (χ1n) is 6.91. The van der Waals surface area contributed by atoms with Crippen LogP contribution in [0.1, 0.15) is 55.1 Å². The van der Waals surface area contributed by atoms with E-state index in [-0.39, 0.29) is 5.54 Å². The number of thiophene rings is 1. The largest absolute Gasteiger partial charge is 0.291 e. The van der Waals surface area contributed by atoms with Crippen LogP contribution in [-0.2, 0) is 0 Å². The van der Waals surface area contributed by atoms with Crippen molar-refractivity contribution in [3.63, 3.8) is 0 Å². The molecule has 0 spiro atoms. The summed E-state index contributed by atoms with van der Waals surface area (Å²) in [5.74, 6) is 0.300. The van der Waals surface area contributed by atoms with Crippen molar-refractivity contribution in [1.82, 2.24) is 4.90 Å². The van der Waals surface area contributed by atoms with E-state index < -0.39 is 0 Å². The van der Waals surface area contributed by atoms with Crippen molar-refractivity contribution >= 4 is 17.1 Å². The Morgan fingerprint density at radius 2 is 1.72 bits per heavy atom. The molecule has 0 bridgehead atoms. The molecule has 1 heterocycles. The van der Waals surface area contributed by atoms with Gasteiger partial charge in [-0.05, 0) is 45.0 Å². The number of rotatable bonds is 7. The monoisotopic (exact) mass is 267 g/mol. The van der Waals surface area contributed by atoms with Gasteiger partial charge in [0.15, 0.2) is 5.78 Å². The molecule has 0 unspecified atom stereocenters. The highest BCUT2D eigenvalue weighted by molar-refractivity contribution is 7.14. The lowest BCUT2D eigenvalue weighted by molar-refractivity contribution is 0.0539. The van der Waals surface area contributed by atoms with Crippen molar-refractivity contribution in [3.8, 4) is 0 Å². The minimum Gasteiger partial charge on any atom is -0.291 e. The molecule has 2 nitrogen and oxygen atoms in total. The molecular weight excluding hydrogens is 242 g/mol. The smallest absolute Gasteiger partial charge is 0.192 e. The summed E-state index contributed by atoms with van der Waals surface area (Å²) in [7, 11) is 0. The van der Waals surface area contributed by atoms with Crippen molar-refractivity contribution in [2.24, 2.45) is 0 Å². The molecule has 0 aromatic carbocycles. The summed E-state index contributed by atoms with van der Waals surface area (Å²) in [6.45, 7) is 12.4. The highest BCUT2D eigenvalue weighted by Gasteiger charge is 2.40. The minimum atomic E-state index is -0.319. The molecule has 102 valence electrons. The molecule has 1 rings (SSSR count). The van der Waals surface area contributed by atoms with Gasteiger partial charge in [-0.2, -0.15) is 0 Å². The lowest BCUT2D eigenvalue weighted by Crippen LogP contribution is -2.53. The van der Waals surface area contributed by atoms with Crippen molar-refractivity contribution in [3.05, 3.63) is 21.9 Å². The minimum absolute atomic E-state index is 0.300. The fourth-order valence-electron chi connectivity index (χ4n) is 2.78. The first-order chi connectivity index (χ1) is 8.55. The molecule has 18 heavy (non-hydrogen) atoms. The van der Waals surface area contributed by atoms with Gasteiger partial charge < -0.3 is 0 Å². The molecule has 0 aliphatic rings. The van der Waals surface area contributed by atoms with E-state index in [4.69, 9.17) is 0 Å². The third kappa shape index (κ3) is 2.67. The SMILES string of the molecule is CCN(CC)C(CC)(CC)C(=O)c1ccc(C)s1. The van der Waals surface area contributed by atoms with Gasteiger partial charge in [0.25, 0.3) is 0 Å². The number of hydrogen-bond acceptors (Lipinski definition) is 3. The van der Waals surface area contributed by atoms with Gasteiger partial charge in [-0.25, -0.2) is 0 Å². The molecule has 0 aliphatic carbocycles. The Bertz CT molecular complexity index is 389. The van der Waals surface area contributed by atoms with E-state index in [0.29, 0.717) is 5.78 Å². The van der Waals surface area contributed by atoms with Crippen LogP contribution in [0.5, 0.6) is 0 Å². The van der Waals surface area contributed by atoms with Gasteiger partial charge in [-0.15, -0.1) is 11.3 Å². The molecule has 0 amide bonds. The van der Waals surface area contributed by atoms with E-state index in [1.54, 1.807) is 11.3 Å². The van der Waals surface area contributed by atoms with Crippen LogP contribution in [0.4, 0.5) is 0 Å². The van der Waals surface area contributed by atoms with Crippen molar-refractivity contribution in [1.29, 1.82) is 0 Å². The first kappa shape index (κ1) is 15.4. The zero-order chi connectivity index (χ0) is 13.8. The van der Waals surface area contributed by atoms with E-state index in [9.17, 15) is 4.79 Å². The second-order valence-corrected chi connectivity index (χ2v) is 5.94. The molecular formula is C15H25NOS.